The topological polar surface area (TPSA) is 58.6 Å². The Morgan fingerprint density at radius 1 is 1.38 bits per heavy atom. The van der Waals surface area contributed by atoms with Gasteiger partial charge in [0, 0.05) is 50.8 Å². The van der Waals surface area contributed by atoms with Gasteiger partial charge in [-0.05, 0) is 37.1 Å². The molecular formula is C20H26N4O2. The van der Waals surface area contributed by atoms with Crippen LogP contribution in [-0.4, -0.2) is 54.6 Å². The first-order valence-electron chi connectivity index (χ1n) is 8.97. The lowest BCUT2D eigenvalue weighted by molar-refractivity contribution is -0.139. The Labute approximate surface area is 154 Å². The van der Waals surface area contributed by atoms with E-state index >= 15 is 0 Å². The zero-order valence-electron chi connectivity index (χ0n) is 15.7. The second-order valence-electron chi connectivity index (χ2n) is 6.85. The molecule has 138 valence electrons. The molecule has 0 radical (unpaired) electrons. The van der Waals surface area contributed by atoms with Crippen molar-refractivity contribution in [1.29, 1.82) is 0 Å². The smallest absolute Gasteiger partial charge is 0.223 e. The molecule has 26 heavy (non-hydrogen) atoms. The zero-order chi connectivity index (χ0) is 18.5. The van der Waals surface area contributed by atoms with Gasteiger partial charge in [0.2, 0.25) is 5.91 Å². The highest BCUT2D eigenvalue weighted by Gasteiger charge is 2.26. The average molecular weight is 354 g/mol. The molecule has 6 nitrogen and oxygen atoms in total. The molecule has 0 aromatic carbocycles. The maximum Gasteiger partial charge on any atom is 0.223 e. The second-order valence-corrected chi connectivity index (χ2v) is 6.85. The quantitative estimate of drug-likeness (QED) is 0.825. The van der Waals surface area contributed by atoms with Gasteiger partial charge in [-0.1, -0.05) is 6.07 Å². The highest BCUT2D eigenvalue weighted by molar-refractivity contribution is 5.76. The fourth-order valence-corrected chi connectivity index (χ4v) is 3.11. The second kappa shape index (κ2) is 8.27. The van der Waals surface area contributed by atoms with Crippen molar-refractivity contribution in [3.8, 4) is 0 Å². The molecule has 2 aromatic rings. The van der Waals surface area contributed by atoms with Crippen molar-refractivity contribution in [3.63, 3.8) is 0 Å². The van der Waals surface area contributed by atoms with E-state index in [1.807, 2.05) is 56.4 Å². The summed E-state index contributed by atoms with van der Waals surface area (Å²) in [5.41, 5.74) is 4.02. The van der Waals surface area contributed by atoms with Gasteiger partial charge >= 0.3 is 0 Å². The van der Waals surface area contributed by atoms with Crippen molar-refractivity contribution < 1.29 is 9.53 Å². The first kappa shape index (κ1) is 18.3. The maximum atomic E-state index is 12.6. The Bertz CT molecular complexity index is 749. The lowest BCUT2D eigenvalue weighted by Crippen LogP contribution is -2.42. The molecule has 3 rings (SSSR count). The number of amides is 1. The summed E-state index contributed by atoms with van der Waals surface area (Å²) in [6, 6.07) is 7.99. The van der Waals surface area contributed by atoms with Crippen LogP contribution >= 0.6 is 0 Å². The number of carbonyl (C=O) groups excluding carboxylic acids is 1. The first-order valence-corrected chi connectivity index (χ1v) is 8.97. The molecule has 0 saturated carbocycles. The van der Waals surface area contributed by atoms with E-state index in [9.17, 15) is 4.79 Å². The number of rotatable bonds is 5. The van der Waals surface area contributed by atoms with Crippen LogP contribution in [0.15, 0.2) is 36.7 Å². The number of pyridine rings is 2. The van der Waals surface area contributed by atoms with Gasteiger partial charge in [0.1, 0.15) is 6.10 Å². The van der Waals surface area contributed by atoms with E-state index in [0.717, 1.165) is 22.6 Å². The van der Waals surface area contributed by atoms with Crippen LogP contribution in [0.3, 0.4) is 0 Å². The van der Waals surface area contributed by atoms with Gasteiger partial charge in [-0.25, -0.2) is 0 Å². The van der Waals surface area contributed by atoms with Crippen LogP contribution in [0.2, 0.25) is 0 Å². The van der Waals surface area contributed by atoms with E-state index in [0.29, 0.717) is 32.5 Å². The number of nitrogens with zero attached hydrogens (tertiary/aromatic N) is 4. The Morgan fingerprint density at radius 3 is 2.96 bits per heavy atom. The maximum absolute atomic E-state index is 12.6. The molecule has 1 saturated heterocycles. The van der Waals surface area contributed by atoms with Gasteiger partial charge in [0.05, 0.1) is 18.8 Å². The third-order valence-electron chi connectivity index (χ3n) is 4.57. The number of aromatic nitrogens is 2. The lowest BCUT2D eigenvalue weighted by atomic mass is 10.1. The highest BCUT2D eigenvalue weighted by atomic mass is 16.5. The van der Waals surface area contributed by atoms with Gasteiger partial charge in [0.25, 0.3) is 0 Å². The molecule has 0 unspecified atom stereocenters. The lowest BCUT2D eigenvalue weighted by Gasteiger charge is -2.33. The van der Waals surface area contributed by atoms with Crippen molar-refractivity contribution in [2.24, 2.45) is 0 Å². The molecule has 1 aliphatic heterocycles. The minimum absolute atomic E-state index is 0.155. The number of ether oxygens (including phenoxy) is 1. The number of carbonyl (C=O) groups is 1. The molecule has 1 aliphatic rings. The zero-order valence-corrected chi connectivity index (χ0v) is 15.7. The number of hydrogen-bond acceptors (Lipinski definition) is 5. The van der Waals surface area contributed by atoms with Crippen molar-refractivity contribution in [3.05, 3.63) is 53.6 Å². The van der Waals surface area contributed by atoms with Crippen LogP contribution < -0.4 is 4.90 Å². The average Bonchev–Trinajstić information content (AvgIpc) is 2.66. The summed E-state index contributed by atoms with van der Waals surface area (Å²) < 4.78 is 5.91. The van der Waals surface area contributed by atoms with Gasteiger partial charge in [-0.2, -0.15) is 0 Å². The van der Waals surface area contributed by atoms with Crippen LogP contribution in [-0.2, 0) is 16.0 Å². The SMILES string of the molecule is Cc1cc(N(C)C)cc([C@H]2CN(C(=O)CCc3cccnc3)CCO2)n1. The van der Waals surface area contributed by atoms with Gasteiger partial charge in [-0.15, -0.1) is 0 Å². The summed E-state index contributed by atoms with van der Waals surface area (Å²) >= 11 is 0. The molecule has 0 N–H and O–H groups in total. The van der Waals surface area contributed by atoms with Crippen LogP contribution in [0.25, 0.3) is 0 Å². The summed E-state index contributed by atoms with van der Waals surface area (Å²) in [7, 11) is 4.02. The minimum Gasteiger partial charge on any atom is -0.378 e. The molecule has 2 aromatic heterocycles. The van der Waals surface area contributed by atoms with Crippen LogP contribution in [0, 0.1) is 6.92 Å². The van der Waals surface area contributed by atoms with E-state index in [4.69, 9.17) is 4.74 Å². The molecule has 1 fully saturated rings. The molecule has 0 aliphatic carbocycles. The molecule has 1 amide bonds. The first-order chi connectivity index (χ1) is 12.5. The molecular weight excluding hydrogens is 328 g/mol. The van der Waals surface area contributed by atoms with Gasteiger partial charge in [-0.3, -0.25) is 14.8 Å². The van der Waals surface area contributed by atoms with E-state index in [-0.39, 0.29) is 12.0 Å². The van der Waals surface area contributed by atoms with Crippen molar-refractivity contribution in [1.82, 2.24) is 14.9 Å². The number of hydrogen-bond donors (Lipinski definition) is 0. The molecule has 3 heterocycles. The summed E-state index contributed by atoms with van der Waals surface area (Å²) in [5.74, 6) is 0.155. The predicted octanol–water partition coefficient (Wildman–Crippen LogP) is 2.38. The van der Waals surface area contributed by atoms with Crippen LogP contribution in [0.4, 0.5) is 5.69 Å². The van der Waals surface area contributed by atoms with Gasteiger partial charge < -0.3 is 14.5 Å². The number of morpholine rings is 1. The Balaban J connectivity index is 1.64. The third-order valence-corrected chi connectivity index (χ3v) is 4.57. The van der Waals surface area contributed by atoms with Crippen LogP contribution in [0.5, 0.6) is 0 Å². The fourth-order valence-electron chi connectivity index (χ4n) is 3.11. The monoisotopic (exact) mass is 354 g/mol. The molecule has 1 atom stereocenters. The third kappa shape index (κ3) is 4.58. The van der Waals surface area contributed by atoms with E-state index in [1.165, 1.54) is 0 Å². The van der Waals surface area contributed by atoms with E-state index in [1.54, 1.807) is 6.20 Å². The number of aryl methyl sites for hydroxylation is 2. The van der Waals surface area contributed by atoms with Crippen molar-refractivity contribution >= 4 is 11.6 Å². The molecule has 0 bridgehead atoms. The fraction of sp³-hybridized carbons (Fsp3) is 0.450. The van der Waals surface area contributed by atoms with E-state index in [2.05, 4.69) is 14.9 Å². The van der Waals surface area contributed by atoms with Crippen molar-refractivity contribution in [2.45, 2.75) is 25.9 Å². The molecule has 6 heteroatoms. The summed E-state index contributed by atoms with van der Waals surface area (Å²) in [6.07, 6.45) is 4.58. The standard InChI is InChI=1S/C20H26N4O2/c1-15-11-17(23(2)3)12-18(22-15)19-14-24(9-10-26-19)20(25)7-6-16-5-4-8-21-13-16/h4-5,8,11-13,19H,6-7,9-10,14H2,1-3H3/t19-/m1/s1. The summed E-state index contributed by atoms with van der Waals surface area (Å²) in [6.45, 7) is 3.70. The predicted molar refractivity (Wildman–Crippen MR) is 101 cm³/mol. The minimum atomic E-state index is -0.176. The highest BCUT2D eigenvalue weighted by Crippen LogP contribution is 2.25. The van der Waals surface area contributed by atoms with E-state index < -0.39 is 0 Å². The Morgan fingerprint density at radius 2 is 2.23 bits per heavy atom. The largest absolute Gasteiger partial charge is 0.378 e. The van der Waals surface area contributed by atoms with Crippen molar-refractivity contribution in [2.75, 3.05) is 38.7 Å². The summed E-state index contributed by atoms with van der Waals surface area (Å²) in [4.78, 5) is 25.3. The Kier molecular flexibility index (Phi) is 5.83. The van der Waals surface area contributed by atoms with Gasteiger partial charge in [0.15, 0.2) is 0 Å². The number of anilines is 1. The van der Waals surface area contributed by atoms with Crippen LogP contribution in [0.1, 0.15) is 29.5 Å². The Hall–Kier alpha value is -2.47. The summed E-state index contributed by atoms with van der Waals surface area (Å²) in [5, 5.41) is 0. The normalized spacial score (nSPS) is 17.2. The molecule has 0 spiro atoms.